The average Bonchev–Trinajstić information content (AvgIpc) is 2.65. The number of hydrogen-bond donors (Lipinski definition) is 2. The van der Waals surface area contributed by atoms with Gasteiger partial charge in [-0.25, -0.2) is 0 Å². The molecule has 2 amide bonds. The molecular formula is C21H21F3N2O2. The Morgan fingerprint density at radius 3 is 2.71 bits per heavy atom. The van der Waals surface area contributed by atoms with Crippen molar-refractivity contribution < 1.29 is 22.8 Å². The number of rotatable bonds is 5. The molecule has 0 unspecified atom stereocenters. The molecule has 0 saturated heterocycles. The zero-order valence-corrected chi connectivity index (χ0v) is 15.3. The number of benzene rings is 2. The molecule has 0 saturated carbocycles. The fourth-order valence-electron chi connectivity index (χ4n) is 3.33. The number of para-hydroxylation sites is 1. The van der Waals surface area contributed by atoms with Crippen LogP contribution in [0.25, 0.3) is 0 Å². The number of hydrogen-bond acceptors (Lipinski definition) is 2. The van der Waals surface area contributed by atoms with Gasteiger partial charge in [0.1, 0.15) is 0 Å². The monoisotopic (exact) mass is 390 g/mol. The van der Waals surface area contributed by atoms with Crippen molar-refractivity contribution in [1.82, 2.24) is 5.32 Å². The van der Waals surface area contributed by atoms with E-state index in [0.717, 1.165) is 23.4 Å². The molecule has 1 aliphatic heterocycles. The van der Waals surface area contributed by atoms with E-state index in [0.29, 0.717) is 18.4 Å². The lowest BCUT2D eigenvalue weighted by Gasteiger charge is -2.24. The quantitative estimate of drug-likeness (QED) is 0.791. The zero-order valence-electron chi connectivity index (χ0n) is 15.3. The van der Waals surface area contributed by atoms with Gasteiger partial charge in [-0.05, 0) is 49.1 Å². The maximum Gasteiger partial charge on any atom is 0.416 e. The van der Waals surface area contributed by atoms with Gasteiger partial charge in [-0.3, -0.25) is 9.59 Å². The van der Waals surface area contributed by atoms with Crippen LogP contribution in [0.2, 0.25) is 0 Å². The van der Waals surface area contributed by atoms with Crippen molar-refractivity contribution in [3.63, 3.8) is 0 Å². The summed E-state index contributed by atoms with van der Waals surface area (Å²) in [6.45, 7) is 1.64. The summed E-state index contributed by atoms with van der Waals surface area (Å²) in [5, 5.41) is 5.55. The lowest BCUT2D eigenvalue weighted by atomic mass is 9.89. The summed E-state index contributed by atoms with van der Waals surface area (Å²) in [4.78, 5) is 24.4. The Balaban J connectivity index is 1.55. The molecule has 0 aromatic heterocycles. The van der Waals surface area contributed by atoms with Gasteiger partial charge in [0.05, 0.1) is 11.6 Å². The SMILES string of the molecule is C[C@@H](NC(=O)CC[C@@H]1Cc2ccccc2NC1=O)c1cccc(C(F)(F)F)c1. The Morgan fingerprint density at radius 2 is 1.96 bits per heavy atom. The van der Waals surface area contributed by atoms with E-state index in [1.165, 1.54) is 6.07 Å². The number of amides is 2. The second-order valence-electron chi connectivity index (χ2n) is 7.00. The van der Waals surface area contributed by atoms with Gasteiger partial charge in [0.25, 0.3) is 0 Å². The predicted octanol–water partition coefficient (Wildman–Crippen LogP) is 4.47. The summed E-state index contributed by atoms with van der Waals surface area (Å²) in [5.74, 6) is -0.710. The van der Waals surface area contributed by atoms with E-state index in [4.69, 9.17) is 0 Å². The molecule has 2 aromatic rings. The Morgan fingerprint density at radius 1 is 1.21 bits per heavy atom. The molecule has 0 aliphatic carbocycles. The van der Waals surface area contributed by atoms with Crippen LogP contribution in [0.15, 0.2) is 48.5 Å². The van der Waals surface area contributed by atoms with Crippen LogP contribution in [0.3, 0.4) is 0 Å². The molecule has 0 fully saturated rings. The largest absolute Gasteiger partial charge is 0.416 e. The van der Waals surface area contributed by atoms with E-state index in [1.54, 1.807) is 13.0 Å². The predicted molar refractivity (Wildman–Crippen MR) is 99.5 cm³/mol. The van der Waals surface area contributed by atoms with Crippen LogP contribution in [-0.2, 0) is 22.2 Å². The molecule has 3 rings (SSSR count). The lowest BCUT2D eigenvalue weighted by molar-refractivity contribution is -0.137. The third kappa shape index (κ3) is 4.71. The van der Waals surface area contributed by atoms with Crippen LogP contribution in [-0.4, -0.2) is 11.8 Å². The van der Waals surface area contributed by atoms with Crippen LogP contribution in [0.4, 0.5) is 18.9 Å². The minimum atomic E-state index is -4.43. The van der Waals surface area contributed by atoms with Crippen molar-refractivity contribution in [2.24, 2.45) is 5.92 Å². The molecule has 0 bridgehead atoms. The highest BCUT2D eigenvalue weighted by molar-refractivity contribution is 5.96. The highest BCUT2D eigenvalue weighted by Crippen LogP contribution is 2.31. The van der Waals surface area contributed by atoms with E-state index in [9.17, 15) is 22.8 Å². The van der Waals surface area contributed by atoms with Gasteiger partial charge in [0, 0.05) is 18.0 Å². The Hall–Kier alpha value is -2.83. The van der Waals surface area contributed by atoms with Gasteiger partial charge < -0.3 is 10.6 Å². The van der Waals surface area contributed by atoms with E-state index < -0.39 is 17.8 Å². The number of carbonyl (C=O) groups excluding carboxylic acids is 2. The standard InChI is InChI=1S/C21H21F3N2O2/c1-13(14-6-4-7-17(12-14)21(22,23)24)25-19(27)10-9-16-11-15-5-2-3-8-18(15)26-20(16)28/h2-8,12-13,16H,9-11H2,1H3,(H,25,27)(H,26,28)/t13-,16-/m1/s1. The first kappa shape index (κ1) is 19.9. The minimum absolute atomic E-state index is 0.113. The van der Waals surface area contributed by atoms with Gasteiger partial charge in [-0.2, -0.15) is 13.2 Å². The molecule has 4 nitrogen and oxygen atoms in total. The van der Waals surface area contributed by atoms with Crippen molar-refractivity contribution in [3.8, 4) is 0 Å². The number of alkyl halides is 3. The van der Waals surface area contributed by atoms with Crippen LogP contribution >= 0.6 is 0 Å². The molecule has 2 aromatic carbocycles. The molecule has 0 radical (unpaired) electrons. The van der Waals surface area contributed by atoms with E-state index >= 15 is 0 Å². The van der Waals surface area contributed by atoms with Gasteiger partial charge in [0.15, 0.2) is 0 Å². The smallest absolute Gasteiger partial charge is 0.350 e. The minimum Gasteiger partial charge on any atom is -0.350 e. The number of nitrogens with one attached hydrogen (secondary N) is 2. The molecule has 7 heteroatoms. The third-order valence-electron chi connectivity index (χ3n) is 4.92. The topological polar surface area (TPSA) is 58.2 Å². The van der Waals surface area contributed by atoms with E-state index in [-0.39, 0.29) is 24.2 Å². The highest BCUT2D eigenvalue weighted by atomic mass is 19.4. The Kier molecular flexibility index (Phi) is 5.72. The van der Waals surface area contributed by atoms with Gasteiger partial charge in [-0.1, -0.05) is 30.3 Å². The zero-order chi connectivity index (χ0) is 20.3. The van der Waals surface area contributed by atoms with Gasteiger partial charge >= 0.3 is 6.18 Å². The Bertz CT molecular complexity index is 880. The van der Waals surface area contributed by atoms with Crippen LogP contribution in [0.5, 0.6) is 0 Å². The maximum atomic E-state index is 12.8. The summed E-state index contributed by atoms with van der Waals surface area (Å²) in [5.41, 5.74) is 1.47. The second-order valence-corrected chi connectivity index (χ2v) is 7.00. The third-order valence-corrected chi connectivity index (χ3v) is 4.92. The summed E-state index contributed by atoms with van der Waals surface area (Å²) < 4.78 is 38.5. The van der Waals surface area contributed by atoms with Crippen molar-refractivity contribution >= 4 is 17.5 Å². The lowest BCUT2D eigenvalue weighted by Crippen LogP contribution is -2.32. The molecule has 1 heterocycles. The van der Waals surface area contributed by atoms with Crippen LogP contribution in [0.1, 0.15) is 42.5 Å². The number of fused-ring (bicyclic) bond motifs is 1. The van der Waals surface area contributed by atoms with Crippen molar-refractivity contribution in [3.05, 3.63) is 65.2 Å². The fraction of sp³-hybridized carbons (Fsp3) is 0.333. The fourth-order valence-corrected chi connectivity index (χ4v) is 3.33. The van der Waals surface area contributed by atoms with Gasteiger partial charge in [0.2, 0.25) is 11.8 Å². The number of carbonyl (C=O) groups is 2. The van der Waals surface area contributed by atoms with Crippen LogP contribution in [0, 0.1) is 5.92 Å². The molecule has 28 heavy (non-hydrogen) atoms. The summed E-state index contributed by atoms with van der Waals surface area (Å²) in [6.07, 6.45) is -3.35. The van der Waals surface area contributed by atoms with Crippen molar-refractivity contribution in [1.29, 1.82) is 0 Å². The van der Waals surface area contributed by atoms with Crippen molar-refractivity contribution in [2.75, 3.05) is 5.32 Å². The summed E-state index contributed by atoms with van der Waals surface area (Å²) in [6, 6.07) is 11.9. The molecule has 2 N–H and O–H groups in total. The van der Waals surface area contributed by atoms with E-state index in [2.05, 4.69) is 10.6 Å². The van der Waals surface area contributed by atoms with Crippen LogP contribution < -0.4 is 10.6 Å². The number of anilines is 1. The molecular weight excluding hydrogens is 369 g/mol. The number of halogens is 3. The maximum absolute atomic E-state index is 12.8. The second kappa shape index (κ2) is 8.04. The molecule has 0 spiro atoms. The molecule has 1 aliphatic rings. The van der Waals surface area contributed by atoms with E-state index in [1.807, 2.05) is 24.3 Å². The average molecular weight is 390 g/mol. The highest BCUT2D eigenvalue weighted by Gasteiger charge is 2.31. The first-order valence-corrected chi connectivity index (χ1v) is 9.09. The molecule has 148 valence electrons. The summed E-state index contributed by atoms with van der Waals surface area (Å²) >= 11 is 0. The molecule has 2 atom stereocenters. The van der Waals surface area contributed by atoms with Crippen molar-refractivity contribution in [2.45, 2.75) is 38.4 Å². The first-order chi connectivity index (χ1) is 13.2. The first-order valence-electron chi connectivity index (χ1n) is 9.09. The normalized spacial score (nSPS) is 17.4. The van der Waals surface area contributed by atoms with Gasteiger partial charge in [-0.15, -0.1) is 0 Å². The Labute approximate surface area is 161 Å². The summed E-state index contributed by atoms with van der Waals surface area (Å²) in [7, 11) is 0.